The number of methoxy groups -OCH3 is 1. The highest BCUT2D eigenvalue weighted by Gasteiger charge is 2.21. The zero-order valence-electron chi connectivity index (χ0n) is 10.7. The van der Waals surface area contributed by atoms with Crippen molar-refractivity contribution in [3.05, 3.63) is 30.1 Å². The number of benzene rings is 1. The van der Waals surface area contributed by atoms with Crippen molar-refractivity contribution in [2.75, 3.05) is 25.1 Å². The second-order valence-corrected chi connectivity index (χ2v) is 3.99. The smallest absolute Gasteiger partial charge is 0.255 e. The number of hydrogen-bond donors (Lipinski definition) is 1. The second-order valence-electron chi connectivity index (χ2n) is 3.99. The molecule has 0 aliphatic heterocycles. The molecule has 4 nitrogen and oxygen atoms in total. The van der Waals surface area contributed by atoms with Gasteiger partial charge in [-0.1, -0.05) is 0 Å². The maximum atomic E-state index is 12.9. The van der Waals surface area contributed by atoms with Gasteiger partial charge in [0.15, 0.2) is 0 Å². The van der Waals surface area contributed by atoms with E-state index in [9.17, 15) is 9.18 Å². The first-order chi connectivity index (χ1) is 8.60. The lowest BCUT2D eigenvalue weighted by molar-refractivity contribution is -0.127. The summed E-state index contributed by atoms with van der Waals surface area (Å²) in [7, 11) is 1.48. The van der Waals surface area contributed by atoms with Gasteiger partial charge in [0, 0.05) is 19.3 Å². The van der Waals surface area contributed by atoms with Gasteiger partial charge in [-0.05, 0) is 44.2 Å². The Hall–Kier alpha value is -1.46. The molecule has 0 heterocycles. The van der Waals surface area contributed by atoms with Gasteiger partial charge in [0.25, 0.3) is 5.91 Å². The number of ether oxygens (including phenoxy) is 1. The molecule has 0 aliphatic rings. The van der Waals surface area contributed by atoms with Crippen LogP contribution in [0, 0.1) is 5.82 Å². The Morgan fingerprint density at radius 3 is 2.56 bits per heavy atom. The Labute approximate surface area is 107 Å². The number of nitrogens with two attached hydrogens (primary N) is 1. The quantitative estimate of drug-likeness (QED) is 0.837. The first kappa shape index (κ1) is 14.6. The average Bonchev–Trinajstić information content (AvgIpc) is 2.39. The Morgan fingerprint density at radius 2 is 2.06 bits per heavy atom. The number of carbonyl (C=O) groups excluding carboxylic acids is 1. The molecule has 1 atom stereocenters. The van der Waals surface area contributed by atoms with Crippen LogP contribution >= 0.6 is 0 Å². The Bertz CT molecular complexity index is 381. The molecule has 1 aromatic rings. The molecule has 0 radical (unpaired) electrons. The van der Waals surface area contributed by atoms with Gasteiger partial charge < -0.3 is 15.4 Å². The normalized spacial score (nSPS) is 12.2. The van der Waals surface area contributed by atoms with Crippen molar-refractivity contribution in [1.29, 1.82) is 0 Å². The molecule has 0 saturated heterocycles. The summed E-state index contributed by atoms with van der Waals surface area (Å²) in [6.07, 6.45) is 0.146. The van der Waals surface area contributed by atoms with E-state index in [0.717, 1.165) is 0 Å². The van der Waals surface area contributed by atoms with Gasteiger partial charge in [0.2, 0.25) is 0 Å². The molecule has 5 heteroatoms. The number of rotatable bonds is 6. The van der Waals surface area contributed by atoms with Crippen LogP contribution in [0.15, 0.2) is 24.3 Å². The first-order valence-corrected chi connectivity index (χ1v) is 5.90. The van der Waals surface area contributed by atoms with E-state index in [-0.39, 0.29) is 11.7 Å². The first-order valence-electron chi connectivity index (χ1n) is 5.90. The van der Waals surface area contributed by atoms with E-state index in [1.54, 1.807) is 24.0 Å². The zero-order chi connectivity index (χ0) is 13.5. The summed E-state index contributed by atoms with van der Waals surface area (Å²) in [5, 5.41) is 0. The largest absolute Gasteiger partial charge is 0.372 e. The summed E-state index contributed by atoms with van der Waals surface area (Å²) in [6.45, 7) is 2.67. The summed E-state index contributed by atoms with van der Waals surface area (Å²) in [5.74, 6) is -0.484. The number of carbonyl (C=O) groups is 1. The number of anilines is 1. The monoisotopic (exact) mass is 254 g/mol. The van der Waals surface area contributed by atoms with E-state index >= 15 is 0 Å². The maximum absolute atomic E-state index is 12.9. The minimum atomic E-state index is -0.534. The molecule has 0 saturated carbocycles. The number of amides is 1. The fourth-order valence-corrected chi connectivity index (χ4v) is 1.56. The van der Waals surface area contributed by atoms with E-state index in [1.807, 2.05) is 0 Å². The summed E-state index contributed by atoms with van der Waals surface area (Å²) >= 11 is 0. The molecule has 1 amide bonds. The van der Waals surface area contributed by atoms with Crippen LogP contribution in [0.4, 0.5) is 10.1 Å². The highest BCUT2D eigenvalue weighted by atomic mass is 19.1. The van der Waals surface area contributed by atoms with Crippen LogP contribution < -0.4 is 10.6 Å². The van der Waals surface area contributed by atoms with Crippen molar-refractivity contribution in [2.45, 2.75) is 19.4 Å². The molecule has 100 valence electrons. The minimum absolute atomic E-state index is 0.155. The van der Waals surface area contributed by atoms with Crippen LogP contribution in [0.2, 0.25) is 0 Å². The number of nitrogens with zero attached hydrogens (tertiary/aromatic N) is 1. The summed E-state index contributed by atoms with van der Waals surface area (Å²) in [4.78, 5) is 13.7. The molecule has 0 bridgehead atoms. The molecular weight excluding hydrogens is 235 g/mol. The number of halogens is 1. The Balaban J connectivity index is 2.90. The lowest BCUT2D eigenvalue weighted by Gasteiger charge is -2.25. The summed E-state index contributed by atoms with van der Waals surface area (Å²) < 4.78 is 17.9. The molecule has 0 spiro atoms. The van der Waals surface area contributed by atoms with Crippen LogP contribution in [0.1, 0.15) is 13.3 Å². The van der Waals surface area contributed by atoms with E-state index in [4.69, 9.17) is 10.5 Å². The van der Waals surface area contributed by atoms with Gasteiger partial charge in [-0.2, -0.15) is 0 Å². The van der Waals surface area contributed by atoms with Crippen molar-refractivity contribution in [2.24, 2.45) is 5.73 Å². The van der Waals surface area contributed by atoms with Crippen molar-refractivity contribution >= 4 is 11.6 Å². The van der Waals surface area contributed by atoms with Gasteiger partial charge in [-0.15, -0.1) is 0 Å². The average molecular weight is 254 g/mol. The van der Waals surface area contributed by atoms with Crippen molar-refractivity contribution in [3.63, 3.8) is 0 Å². The van der Waals surface area contributed by atoms with Crippen molar-refractivity contribution in [3.8, 4) is 0 Å². The van der Waals surface area contributed by atoms with Gasteiger partial charge in [-0.3, -0.25) is 4.79 Å². The van der Waals surface area contributed by atoms with Crippen LogP contribution in [0.5, 0.6) is 0 Å². The second kappa shape index (κ2) is 7.08. The molecule has 0 aromatic heterocycles. The minimum Gasteiger partial charge on any atom is -0.372 e. The van der Waals surface area contributed by atoms with Crippen molar-refractivity contribution in [1.82, 2.24) is 0 Å². The predicted octanol–water partition coefficient (Wildman–Crippen LogP) is 1.54. The summed E-state index contributed by atoms with van der Waals surface area (Å²) in [5.41, 5.74) is 6.11. The fraction of sp³-hybridized carbons (Fsp3) is 0.462. The van der Waals surface area contributed by atoms with Crippen LogP contribution in [0.3, 0.4) is 0 Å². The van der Waals surface area contributed by atoms with Crippen molar-refractivity contribution < 1.29 is 13.9 Å². The topological polar surface area (TPSA) is 55.6 Å². The SMILES string of the molecule is COC(C)C(=O)N(CCCN)c1ccc(F)cc1. The molecule has 2 N–H and O–H groups in total. The van der Waals surface area contributed by atoms with Gasteiger partial charge in [0.1, 0.15) is 11.9 Å². The van der Waals surface area contributed by atoms with Crippen LogP contribution in [-0.4, -0.2) is 32.2 Å². The fourth-order valence-electron chi connectivity index (χ4n) is 1.56. The van der Waals surface area contributed by atoms with Crippen LogP contribution in [0.25, 0.3) is 0 Å². The zero-order valence-corrected chi connectivity index (χ0v) is 10.7. The Morgan fingerprint density at radius 1 is 1.44 bits per heavy atom. The summed E-state index contributed by atoms with van der Waals surface area (Å²) in [6, 6.07) is 5.81. The highest BCUT2D eigenvalue weighted by Crippen LogP contribution is 2.17. The molecule has 0 aliphatic carbocycles. The maximum Gasteiger partial charge on any atom is 0.255 e. The highest BCUT2D eigenvalue weighted by molar-refractivity contribution is 5.96. The van der Waals surface area contributed by atoms with E-state index in [1.165, 1.54) is 19.2 Å². The van der Waals surface area contributed by atoms with Gasteiger partial charge >= 0.3 is 0 Å². The predicted molar refractivity (Wildman–Crippen MR) is 68.9 cm³/mol. The van der Waals surface area contributed by atoms with E-state index < -0.39 is 6.10 Å². The Kier molecular flexibility index (Phi) is 5.74. The third-order valence-corrected chi connectivity index (χ3v) is 2.69. The molecule has 1 unspecified atom stereocenters. The third kappa shape index (κ3) is 3.78. The molecule has 1 rings (SSSR count). The van der Waals surface area contributed by atoms with Crippen LogP contribution in [-0.2, 0) is 9.53 Å². The lowest BCUT2D eigenvalue weighted by atomic mass is 10.2. The van der Waals surface area contributed by atoms with E-state index in [0.29, 0.717) is 25.2 Å². The van der Waals surface area contributed by atoms with E-state index in [2.05, 4.69) is 0 Å². The van der Waals surface area contributed by atoms with Gasteiger partial charge in [0.05, 0.1) is 0 Å². The standard InChI is InChI=1S/C13H19FN2O2/c1-10(18-2)13(17)16(9-3-8-15)12-6-4-11(14)5-7-12/h4-7,10H,3,8-9,15H2,1-2H3. The molecular formula is C13H19FN2O2. The molecule has 0 fully saturated rings. The lowest BCUT2D eigenvalue weighted by Crippen LogP contribution is -2.40. The molecule has 18 heavy (non-hydrogen) atoms. The molecule has 1 aromatic carbocycles. The number of hydrogen-bond acceptors (Lipinski definition) is 3. The third-order valence-electron chi connectivity index (χ3n) is 2.69. The van der Waals surface area contributed by atoms with Gasteiger partial charge in [-0.25, -0.2) is 4.39 Å².